The van der Waals surface area contributed by atoms with Gasteiger partial charge in [0.05, 0.1) is 29.6 Å². The molecule has 12 heteroatoms. The lowest BCUT2D eigenvalue weighted by Crippen LogP contribution is -2.36. The number of hydrogen-bond donors (Lipinski definition) is 1. The van der Waals surface area contributed by atoms with Crippen LogP contribution in [0, 0.1) is 0 Å². The van der Waals surface area contributed by atoms with Gasteiger partial charge in [-0.3, -0.25) is 9.59 Å². The average molecular weight is 414 g/mol. The van der Waals surface area contributed by atoms with Gasteiger partial charge in [-0.2, -0.15) is 13.2 Å². The van der Waals surface area contributed by atoms with Crippen LogP contribution in [-0.4, -0.2) is 56.3 Å². The predicted octanol–water partition coefficient (Wildman–Crippen LogP) is 2.22. The molecular formula is C16H17F3N6O2S. The van der Waals surface area contributed by atoms with Crippen molar-refractivity contribution >= 4 is 29.3 Å². The van der Waals surface area contributed by atoms with Crippen LogP contribution in [0.15, 0.2) is 29.4 Å². The number of likely N-dealkylation sites (N-methyl/N-ethyl adjacent to an activating group) is 1. The summed E-state index contributed by atoms with van der Waals surface area (Å²) in [5.74, 6) is -1.08. The van der Waals surface area contributed by atoms with Gasteiger partial charge in [0, 0.05) is 7.05 Å². The van der Waals surface area contributed by atoms with Gasteiger partial charge in [-0.25, -0.2) is 4.68 Å². The molecule has 28 heavy (non-hydrogen) atoms. The van der Waals surface area contributed by atoms with Crippen LogP contribution >= 0.6 is 11.8 Å². The quantitative estimate of drug-likeness (QED) is 0.699. The number of anilines is 1. The Morgan fingerprint density at radius 1 is 1.32 bits per heavy atom. The Kier molecular flexibility index (Phi) is 5.87. The number of aromatic nitrogens is 4. The second-order valence-corrected chi connectivity index (χ2v) is 7.21. The molecule has 1 aliphatic carbocycles. The number of nitrogens with zero attached hydrogens (tertiary/aromatic N) is 5. The van der Waals surface area contributed by atoms with Gasteiger partial charge in [0.2, 0.25) is 17.0 Å². The van der Waals surface area contributed by atoms with E-state index in [2.05, 4.69) is 20.8 Å². The number of carbonyl (C=O) groups excluding carboxylic acids is 2. The third kappa shape index (κ3) is 5.00. The van der Waals surface area contributed by atoms with E-state index >= 15 is 0 Å². The highest BCUT2D eigenvalue weighted by molar-refractivity contribution is 7.99. The van der Waals surface area contributed by atoms with Gasteiger partial charge in [0.1, 0.15) is 0 Å². The highest BCUT2D eigenvalue weighted by atomic mass is 32.2. The van der Waals surface area contributed by atoms with Gasteiger partial charge in [-0.1, -0.05) is 23.9 Å². The van der Waals surface area contributed by atoms with E-state index in [0.29, 0.717) is 5.16 Å². The normalized spacial score (nSPS) is 14.0. The van der Waals surface area contributed by atoms with Crippen molar-refractivity contribution in [2.24, 2.45) is 0 Å². The zero-order valence-corrected chi connectivity index (χ0v) is 15.6. The summed E-state index contributed by atoms with van der Waals surface area (Å²) in [7, 11) is 1.40. The summed E-state index contributed by atoms with van der Waals surface area (Å²) in [6.45, 7) is -0.376. The van der Waals surface area contributed by atoms with Crippen LogP contribution < -0.4 is 5.32 Å². The van der Waals surface area contributed by atoms with Gasteiger partial charge in [0.25, 0.3) is 0 Å². The number of amides is 2. The van der Waals surface area contributed by atoms with Crippen LogP contribution in [0.2, 0.25) is 0 Å². The van der Waals surface area contributed by atoms with E-state index in [1.54, 1.807) is 4.68 Å². The highest BCUT2D eigenvalue weighted by Crippen LogP contribution is 2.36. The van der Waals surface area contributed by atoms with Crippen LogP contribution in [0.1, 0.15) is 24.4 Å². The molecule has 0 aliphatic heterocycles. The van der Waals surface area contributed by atoms with Crippen LogP contribution in [0.4, 0.5) is 18.9 Å². The Morgan fingerprint density at radius 2 is 2.04 bits per heavy atom. The minimum Gasteiger partial charge on any atom is -0.336 e. The molecule has 1 saturated carbocycles. The fourth-order valence-electron chi connectivity index (χ4n) is 2.40. The summed E-state index contributed by atoms with van der Waals surface area (Å²) in [6, 6.07) is 4.94. The van der Waals surface area contributed by atoms with Crippen LogP contribution in [-0.2, 0) is 15.8 Å². The smallest absolute Gasteiger partial charge is 0.336 e. The van der Waals surface area contributed by atoms with Crippen molar-refractivity contribution in [3.05, 3.63) is 29.8 Å². The van der Waals surface area contributed by atoms with Gasteiger partial charge in [-0.05, 0) is 35.4 Å². The molecule has 1 fully saturated rings. The highest BCUT2D eigenvalue weighted by Gasteiger charge is 2.33. The van der Waals surface area contributed by atoms with E-state index < -0.39 is 17.6 Å². The van der Waals surface area contributed by atoms with Gasteiger partial charge in [-0.15, -0.1) is 5.10 Å². The predicted molar refractivity (Wildman–Crippen MR) is 94.5 cm³/mol. The molecule has 0 atom stereocenters. The van der Waals surface area contributed by atoms with Crippen LogP contribution in [0.5, 0.6) is 0 Å². The summed E-state index contributed by atoms with van der Waals surface area (Å²) >= 11 is 1.15. The molecule has 150 valence electrons. The molecule has 2 amide bonds. The number of para-hydroxylation sites is 1. The zero-order chi connectivity index (χ0) is 20.3. The molecule has 2 aromatic rings. The topological polar surface area (TPSA) is 93.0 Å². The molecule has 1 aromatic heterocycles. The number of halogens is 3. The van der Waals surface area contributed by atoms with Crippen molar-refractivity contribution in [2.75, 3.05) is 24.7 Å². The molecule has 0 unspecified atom stereocenters. The SMILES string of the molecule is CN(CC(=O)Nc1ccccc1C(F)(F)F)C(=O)CSc1nnnn1C1CC1. The van der Waals surface area contributed by atoms with Crippen molar-refractivity contribution in [3.8, 4) is 0 Å². The third-order valence-corrected chi connectivity index (χ3v) is 4.91. The van der Waals surface area contributed by atoms with Crippen LogP contribution in [0.3, 0.4) is 0 Å². The molecule has 1 heterocycles. The average Bonchev–Trinajstić information content (AvgIpc) is 3.37. The van der Waals surface area contributed by atoms with Crippen molar-refractivity contribution in [2.45, 2.75) is 30.2 Å². The first kappa shape index (κ1) is 20.1. The summed E-state index contributed by atoms with van der Waals surface area (Å²) in [5, 5.41) is 14.1. The monoisotopic (exact) mass is 414 g/mol. The van der Waals surface area contributed by atoms with Crippen molar-refractivity contribution in [1.82, 2.24) is 25.1 Å². The van der Waals surface area contributed by atoms with E-state index in [-0.39, 0.29) is 29.9 Å². The maximum Gasteiger partial charge on any atom is 0.418 e. The Labute approximate surface area is 162 Å². The molecule has 3 rings (SSSR count). The number of tetrazole rings is 1. The molecule has 1 aromatic carbocycles. The Hall–Kier alpha value is -2.63. The summed E-state index contributed by atoms with van der Waals surface area (Å²) in [4.78, 5) is 25.4. The fourth-order valence-corrected chi connectivity index (χ4v) is 3.28. The second kappa shape index (κ2) is 8.17. The van der Waals surface area contributed by atoms with E-state index in [1.807, 2.05) is 0 Å². The summed E-state index contributed by atoms with van der Waals surface area (Å²) < 4.78 is 40.6. The number of thioether (sulfide) groups is 1. The first-order valence-corrected chi connectivity index (χ1v) is 9.35. The number of rotatable bonds is 7. The largest absolute Gasteiger partial charge is 0.418 e. The number of hydrogen-bond acceptors (Lipinski definition) is 6. The number of alkyl halides is 3. The molecular weight excluding hydrogens is 397 g/mol. The van der Waals surface area contributed by atoms with Crippen molar-refractivity contribution in [1.29, 1.82) is 0 Å². The second-order valence-electron chi connectivity index (χ2n) is 6.27. The van der Waals surface area contributed by atoms with Crippen molar-refractivity contribution in [3.63, 3.8) is 0 Å². The molecule has 0 spiro atoms. The lowest BCUT2D eigenvalue weighted by atomic mass is 10.1. The molecule has 1 aliphatic rings. The number of carbonyl (C=O) groups is 2. The first-order valence-electron chi connectivity index (χ1n) is 8.36. The maximum atomic E-state index is 13.0. The summed E-state index contributed by atoms with van der Waals surface area (Å²) in [5.41, 5.74) is -1.29. The van der Waals surface area contributed by atoms with Crippen molar-refractivity contribution < 1.29 is 22.8 Å². The molecule has 1 N–H and O–H groups in total. The summed E-state index contributed by atoms with van der Waals surface area (Å²) in [6.07, 6.45) is -2.61. The molecule has 0 radical (unpaired) electrons. The maximum absolute atomic E-state index is 13.0. The lowest BCUT2D eigenvalue weighted by molar-refractivity contribution is -0.137. The lowest BCUT2D eigenvalue weighted by Gasteiger charge is -2.18. The standard InChI is InChI=1S/C16H17F3N6O2S/c1-24(14(27)9-28-15-21-22-23-25(15)10-6-7-10)8-13(26)20-12-5-3-2-4-11(12)16(17,18)19/h2-5,10H,6-9H2,1H3,(H,20,26). The third-order valence-electron chi connectivity index (χ3n) is 3.99. The number of nitrogens with one attached hydrogen (secondary N) is 1. The molecule has 8 nitrogen and oxygen atoms in total. The van der Waals surface area contributed by atoms with Gasteiger partial charge >= 0.3 is 6.18 Å². The first-order chi connectivity index (χ1) is 13.3. The molecule has 0 bridgehead atoms. The Bertz CT molecular complexity index is 868. The molecule has 0 saturated heterocycles. The zero-order valence-electron chi connectivity index (χ0n) is 14.8. The fraction of sp³-hybridized carbons (Fsp3) is 0.438. The van der Waals surface area contributed by atoms with E-state index in [0.717, 1.165) is 41.6 Å². The minimum absolute atomic E-state index is 0.00993. The van der Waals surface area contributed by atoms with E-state index in [9.17, 15) is 22.8 Å². The van der Waals surface area contributed by atoms with E-state index in [1.165, 1.54) is 19.2 Å². The minimum atomic E-state index is -4.59. The Balaban J connectivity index is 1.52. The van der Waals surface area contributed by atoms with Gasteiger partial charge in [0.15, 0.2) is 0 Å². The number of benzene rings is 1. The Morgan fingerprint density at radius 3 is 2.71 bits per heavy atom. The van der Waals surface area contributed by atoms with Crippen LogP contribution in [0.25, 0.3) is 0 Å². The van der Waals surface area contributed by atoms with E-state index in [4.69, 9.17) is 0 Å². The van der Waals surface area contributed by atoms with Gasteiger partial charge < -0.3 is 10.2 Å².